The molecule has 0 amide bonds. The maximum Gasteiger partial charge on any atom is 0.308 e. The van der Waals surface area contributed by atoms with Gasteiger partial charge in [0.05, 0.1) is 12.0 Å². The van der Waals surface area contributed by atoms with Crippen molar-refractivity contribution in [3.05, 3.63) is 0 Å². The van der Waals surface area contributed by atoms with E-state index in [1.54, 1.807) is 0 Å². The Kier molecular flexibility index (Phi) is 5.45. The molecule has 17 heavy (non-hydrogen) atoms. The minimum atomic E-state index is -1.50. The van der Waals surface area contributed by atoms with E-state index in [0.717, 1.165) is 0 Å². The first-order valence-electron chi connectivity index (χ1n) is 5.74. The smallest absolute Gasteiger partial charge is 0.308 e. The SMILES string of the molecule is CC(C)(C#C[Si](C)(C)C)C(CCC#N)C(=O)O. The highest BCUT2D eigenvalue weighted by Crippen LogP contribution is 2.30. The highest BCUT2D eigenvalue weighted by Gasteiger charge is 2.33. The van der Waals surface area contributed by atoms with Gasteiger partial charge in [-0.25, -0.2) is 0 Å². The fourth-order valence-electron chi connectivity index (χ4n) is 1.44. The first kappa shape index (κ1) is 15.7. The Morgan fingerprint density at radius 3 is 2.29 bits per heavy atom. The van der Waals surface area contributed by atoms with Crippen molar-refractivity contribution >= 4 is 14.0 Å². The number of rotatable bonds is 4. The summed E-state index contributed by atoms with van der Waals surface area (Å²) < 4.78 is 0. The van der Waals surface area contributed by atoms with Crippen LogP contribution in [0.2, 0.25) is 19.6 Å². The van der Waals surface area contributed by atoms with Gasteiger partial charge in [0.2, 0.25) is 0 Å². The van der Waals surface area contributed by atoms with Gasteiger partial charge in [0, 0.05) is 11.8 Å². The molecule has 1 N–H and O–H groups in total. The number of carboxylic acid groups (broad SMARTS) is 1. The molecule has 0 aliphatic heterocycles. The van der Waals surface area contributed by atoms with Gasteiger partial charge in [-0.2, -0.15) is 5.26 Å². The van der Waals surface area contributed by atoms with Crippen molar-refractivity contribution < 1.29 is 9.90 Å². The van der Waals surface area contributed by atoms with Crippen molar-refractivity contribution in [2.24, 2.45) is 11.3 Å². The monoisotopic (exact) mass is 251 g/mol. The third-order valence-electron chi connectivity index (χ3n) is 2.47. The fraction of sp³-hybridized carbons (Fsp3) is 0.692. The first-order valence-corrected chi connectivity index (χ1v) is 9.24. The van der Waals surface area contributed by atoms with Gasteiger partial charge in [-0.3, -0.25) is 4.79 Å². The summed E-state index contributed by atoms with van der Waals surface area (Å²) in [5.41, 5.74) is 2.64. The molecular weight excluding hydrogens is 230 g/mol. The molecule has 1 atom stereocenters. The molecule has 0 heterocycles. The minimum Gasteiger partial charge on any atom is -0.481 e. The molecule has 0 aliphatic carbocycles. The van der Waals surface area contributed by atoms with E-state index in [1.165, 1.54) is 0 Å². The number of carbonyl (C=O) groups is 1. The van der Waals surface area contributed by atoms with Crippen LogP contribution in [0.3, 0.4) is 0 Å². The van der Waals surface area contributed by atoms with Crippen molar-refractivity contribution in [3.63, 3.8) is 0 Å². The van der Waals surface area contributed by atoms with Crippen LogP contribution in [0, 0.1) is 34.1 Å². The topological polar surface area (TPSA) is 61.1 Å². The largest absolute Gasteiger partial charge is 0.481 e. The average Bonchev–Trinajstić information content (AvgIpc) is 2.14. The Balaban J connectivity index is 5.01. The van der Waals surface area contributed by atoms with Gasteiger partial charge in [-0.05, 0) is 20.3 Å². The molecule has 0 saturated carbocycles. The van der Waals surface area contributed by atoms with E-state index in [0.29, 0.717) is 6.42 Å². The van der Waals surface area contributed by atoms with Gasteiger partial charge in [0.15, 0.2) is 0 Å². The summed E-state index contributed by atoms with van der Waals surface area (Å²) in [5.74, 6) is 1.67. The van der Waals surface area contributed by atoms with Crippen molar-refractivity contribution in [1.29, 1.82) is 5.26 Å². The van der Waals surface area contributed by atoms with Gasteiger partial charge in [0.25, 0.3) is 0 Å². The number of carboxylic acids is 1. The summed E-state index contributed by atoms with van der Waals surface area (Å²) in [6.45, 7) is 10.1. The Bertz CT molecular complexity index is 377. The lowest BCUT2D eigenvalue weighted by atomic mass is 9.77. The molecule has 0 radical (unpaired) electrons. The molecule has 0 bridgehead atoms. The van der Waals surface area contributed by atoms with E-state index < -0.39 is 25.4 Å². The quantitative estimate of drug-likeness (QED) is 0.617. The fourth-order valence-corrected chi connectivity index (χ4v) is 2.13. The summed E-state index contributed by atoms with van der Waals surface area (Å²) in [4.78, 5) is 11.2. The van der Waals surface area contributed by atoms with E-state index in [2.05, 4.69) is 31.1 Å². The average molecular weight is 251 g/mol. The number of hydrogen-bond donors (Lipinski definition) is 1. The van der Waals surface area contributed by atoms with Crippen molar-refractivity contribution in [1.82, 2.24) is 0 Å². The van der Waals surface area contributed by atoms with Crippen LogP contribution in [-0.4, -0.2) is 19.1 Å². The number of hydrogen-bond acceptors (Lipinski definition) is 2. The lowest BCUT2D eigenvalue weighted by Crippen LogP contribution is -2.30. The van der Waals surface area contributed by atoms with E-state index in [4.69, 9.17) is 5.26 Å². The van der Waals surface area contributed by atoms with Crippen molar-refractivity contribution in [3.8, 4) is 17.5 Å². The second-order valence-corrected chi connectivity index (χ2v) is 10.6. The van der Waals surface area contributed by atoms with Gasteiger partial charge >= 0.3 is 5.97 Å². The van der Waals surface area contributed by atoms with Gasteiger partial charge < -0.3 is 5.11 Å². The summed E-state index contributed by atoms with van der Waals surface area (Å²) >= 11 is 0. The highest BCUT2D eigenvalue weighted by atomic mass is 28.3. The molecule has 3 nitrogen and oxygen atoms in total. The zero-order valence-electron chi connectivity index (χ0n) is 11.3. The van der Waals surface area contributed by atoms with Crippen LogP contribution in [-0.2, 0) is 4.79 Å². The molecule has 0 fully saturated rings. The molecule has 0 saturated heterocycles. The molecular formula is C13H21NO2Si. The molecule has 0 aromatic rings. The van der Waals surface area contributed by atoms with E-state index in [9.17, 15) is 9.90 Å². The Morgan fingerprint density at radius 2 is 1.94 bits per heavy atom. The summed E-state index contributed by atoms with van der Waals surface area (Å²) in [6, 6.07) is 1.99. The molecule has 1 unspecified atom stereocenters. The van der Waals surface area contributed by atoms with Crippen LogP contribution in [0.1, 0.15) is 26.7 Å². The second kappa shape index (κ2) is 5.89. The van der Waals surface area contributed by atoms with Gasteiger partial charge in [0.1, 0.15) is 8.07 Å². The zero-order chi connectivity index (χ0) is 13.7. The molecule has 4 heteroatoms. The molecule has 0 aromatic carbocycles. The predicted molar refractivity (Wildman–Crippen MR) is 70.9 cm³/mol. The molecule has 0 spiro atoms. The maximum absolute atomic E-state index is 11.2. The minimum absolute atomic E-state index is 0.259. The molecule has 0 rings (SSSR count). The van der Waals surface area contributed by atoms with Crippen molar-refractivity contribution in [2.75, 3.05) is 0 Å². The van der Waals surface area contributed by atoms with Gasteiger partial charge in [-0.15, -0.1) is 11.5 Å². The zero-order valence-corrected chi connectivity index (χ0v) is 12.3. The summed E-state index contributed by atoms with van der Waals surface area (Å²) in [6.07, 6.45) is 0.619. The second-order valence-electron chi connectivity index (χ2n) is 5.81. The van der Waals surface area contributed by atoms with E-state index >= 15 is 0 Å². The molecule has 0 aromatic heterocycles. The molecule has 94 valence electrons. The lowest BCUT2D eigenvalue weighted by molar-refractivity contribution is -0.144. The summed E-state index contributed by atoms with van der Waals surface area (Å²) in [7, 11) is -1.50. The maximum atomic E-state index is 11.2. The first-order chi connectivity index (χ1) is 7.60. The Hall–Kier alpha value is -1.26. The molecule has 0 aliphatic rings. The van der Waals surface area contributed by atoms with Crippen LogP contribution in [0.4, 0.5) is 0 Å². The number of nitrogens with zero attached hydrogens (tertiary/aromatic N) is 1. The standard InChI is InChI=1S/C13H21NO2Si/c1-13(2,8-10-17(3,4)5)11(12(15)16)7-6-9-14/h11H,6-7H2,1-5H3,(H,15,16). The normalized spacial score (nSPS) is 13.2. The van der Waals surface area contributed by atoms with E-state index in [1.807, 2.05) is 19.9 Å². The van der Waals surface area contributed by atoms with Crippen LogP contribution < -0.4 is 0 Å². The van der Waals surface area contributed by atoms with Crippen LogP contribution in [0.15, 0.2) is 0 Å². The lowest BCUT2D eigenvalue weighted by Gasteiger charge is -2.26. The Labute approximate surface area is 105 Å². The van der Waals surface area contributed by atoms with Crippen LogP contribution in [0.25, 0.3) is 0 Å². The predicted octanol–water partition coefficient (Wildman–Crippen LogP) is 2.90. The number of nitriles is 1. The third kappa shape index (κ3) is 6.14. The third-order valence-corrected chi connectivity index (χ3v) is 3.35. The summed E-state index contributed by atoms with van der Waals surface area (Å²) in [5, 5.41) is 17.7. The Morgan fingerprint density at radius 1 is 1.41 bits per heavy atom. The van der Waals surface area contributed by atoms with Crippen LogP contribution >= 0.6 is 0 Å². The number of aliphatic carboxylic acids is 1. The van der Waals surface area contributed by atoms with Gasteiger partial charge in [-0.1, -0.05) is 19.6 Å². The van der Waals surface area contributed by atoms with Crippen LogP contribution in [0.5, 0.6) is 0 Å². The highest BCUT2D eigenvalue weighted by molar-refractivity contribution is 6.83. The van der Waals surface area contributed by atoms with E-state index in [-0.39, 0.29) is 6.42 Å². The van der Waals surface area contributed by atoms with Crippen molar-refractivity contribution in [2.45, 2.75) is 46.3 Å².